The molecule has 0 spiro atoms. The fourth-order valence-electron chi connectivity index (χ4n) is 3.55. The number of fused-ring (bicyclic) bond motifs is 1. The van der Waals surface area contributed by atoms with E-state index < -0.39 is 23.7 Å². The van der Waals surface area contributed by atoms with E-state index in [0.717, 1.165) is 17.5 Å². The normalized spacial score (nSPS) is 11.6. The standard InChI is InChI=1S/C24H15ClF5NO2/c1-12-21(22(25)17-8-7-16(32-2)11-20(17)31-12)14-5-3-13(4-6-14)15-9-18(26)23(19(27)10-15)33-24(28,29)30/h3-11H,1-2H3. The SMILES string of the molecule is COc1ccc2c(Cl)c(-c3ccc(-c4cc(F)c(OC(F)(F)F)c(F)c4)cc3)c(C)nc2c1. The van der Waals surface area contributed by atoms with Crippen molar-refractivity contribution in [1.82, 2.24) is 4.98 Å². The van der Waals surface area contributed by atoms with Gasteiger partial charge in [-0.05, 0) is 47.9 Å². The average Bonchev–Trinajstić information content (AvgIpc) is 2.75. The number of alkyl halides is 3. The molecule has 0 amide bonds. The number of ether oxygens (including phenoxy) is 2. The lowest BCUT2D eigenvalue weighted by Gasteiger charge is -2.14. The summed E-state index contributed by atoms with van der Waals surface area (Å²) < 4.78 is 73.9. The second kappa shape index (κ2) is 8.51. The molecule has 0 bridgehead atoms. The summed E-state index contributed by atoms with van der Waals surface area (Å²) in [5.41, 5.74) is 3.18. The summed E-state index contributed by atoms with van der Waals surface area (Å²) in [6.45, 7) is 1.80. The van der Waals surface area contributed by atoms with Crippen LogP contribution in [0.2, 0.25) is 5.02 Å². The van der Waals surface area contributed by atoms with Crippen molar-refractivity contribution in [2.45, 2.75) is 13.3 Å². The van der Waals surface area contributed by atoms with E-state index >= 15 is 0 Å². The van der Waals surface area contributed by atoms with Gasteiger partial charge in [0.15, 0.2) is 11.6 Å². The number of aryl methyl sites for hydroxylation is 1. The van der Waals surface area contributed by atoms with Gasteiger partial charge in [0.25, 0.3) is 0 Å². The van der Waals surface area contributed by atoms with Crippen LogP contribution < -0.4 is 9.47 Å². The Hall–Kier alpha value is -3.39. The van der Waals surface area contributed by atoms with Crippen LogP contribution in [0.3, 0.4) is 0 Å². The van der Waals surface area contributed by atoms with Crippen LogP contribution in [0.4, 0.5) is 22.0 Å². The summed E-state index contributed by atoms with van der Waals surface area (Å²) in [4.78, 5) is 4.59. The van der Waals surface area contributed by atoms with Crippen LogP contribution in [0.1, 0.15) is 5.69 Å². The molecule has 3 aromatic carbocycles. The number of nitrogens with zero attached hydrogens (tertiary/aromatic N) is 1. The van der Waals surface area contributed by atoms with Crippen LogP contribution in [0, 0.1) is 18.6 Å². The van der Waals surface area contributed by atoms with E-state index in [4.69, 9.17) is 16.3 Å². The third-order valence-corrected chi connectivity index (χ3v) is 5.43. The van der Waals surface area contributed by atoms with Crippen LogP contribution in [-0.2, 0) is 0 Å². The summed E-state index contributed by atoms with van der Waals surface area (Å²) in [6.07, 6.45) is -5.21. The predicted octanol–water partition coefficient (Wildman–Crippen LogP) is 7.72. The zero-order valence-corrected chi connectivity index (χ0v) is 18.0. The van der Waals surface area contributed by atoms with Crippen LogP contribution in [-0.4, -0.2) is 18.5 Å². The highest BCUT2D eigenvalue weighted by molar-refractivity contribution is 6.38. The molecule has 0 aliphatic rings. The highest BCUT2D eigenvalue weighted by Gasteiger charge is 2.34. The highest BCUT2D eigenvalue weighted by atomic mass is 35.5. The van der Waals surface area contributed by atoms with Gasteiger partial charge in [-0.15, -0.1) is 13.2 Å². The minimum atomic E-state index is -5.21. The van der Waals surface area contributed by atoms with Crippen molar-refractivity contribution in [2.75, 3.05) is 7.11 Å². The number of aromatic nitrogens is 1. The fraction of sp³-hybridized carbons (Fsp3) is 0.125. The Balaban J connectivity index is 1.72. The van der Waals surface area contributed by atoms with Crippen molar-refractivity contribution in [3.8, 4) is 33.8 Å². The topological polar surface area (TPSA) is 31.4 Å². The number of benzene rings is 3. The van der Waals surface area contributed by atoms with Gasteiger partial charge in [0.05, 0.1) is 17.6 Å². The molecule has 0 saturated carbocycles. The van der Waals surface area contributed by atoms with Crippen molar-refractivity contribution in [1.29, 1.82) is 0 Å². The van der Waals surface area contributed by atoms with Crippen LogP contribution in [0.15, 0.2) is 54.6 Å². The quantitative estimate of drug-likeness (QED) is 0.281. The molecular formula is C24H15ClF5NO2. The molecule has 3 nitrogen and oxygen atoms in total. The second-order valence-corrected chi connectivity index (χ2v) is 7.54. The third kappa shape index (κ3) is 4.57. The molecule has 0 atom stereocenters. The second-order valence-electron chi connectivity index (χ2n) is 7.16. The van der Waals surface area contributed by atoms with E-state index in [1.54, 1.807) is 56.5 Å². The zero-order chi connectivity index (χ0) is 23.9. The van der Waals surface area contributed by atoms with Gasteiger partial charge in [0.1, 0.15) is 5.75 Å². The van der Waals surface area contributed by atoms with E-state index in [2.05, 4.69) is 9.72 Å². The van der Waals surface area contributed by atoms with Gasteiger partial charge in [-0.2, -0.15) is 0 Å². The number of methoxy groups -OCH3 is 1. The van der Waals surface area contributed by atoms with Crippen molar-refractivity contribution >= 4 is 22.5 Å². The summed E-state index contributed by atoms with van der Waals surface area (Å²) in [5, 5.41) is 1.21. The molecule has 4 rings (SSSR count). The molecule has 4 aromatic rings. The van der Waals surface area contributed by atoms with Crippen molar-refractivity contribution < 1.29 is 31.4 Å². The Morgan fingerprint density at radius 1 is 0.848 bits per heavy atom. The largest absolute Gasteiger partial charge is 0.573 e. The lowest BCUT2D eigenvalue weighted by Crippen LogP contribution is -2.19. The van der Waals surface area contributed by atoms with Crippen molar-refractivity contribution in [3.63, 3.8) is 0 Å². The average molecular weight is 480 g/mol. The van der Waals surface area contributed by atoms with Gasteiger partial charge < -0.3 is 9.47 Å². The fourth-order valence-corrected chi connectivity index (χ4v) is 3.96. The first-order chi connectivity index (χ1) is 15.6. The number of hydrogen-bond acceptors (Lipinski definition) is 3. The predicted molar refractivity (Wildman–Crippen MR) is 116 cm³/mol. The number of hydrogen-bond donors (Lipinski definition) is 0. The first-order valence-electron chi connectivity index (χ1n) is 9.57. The van der Waals surface area contributed by atoms with Crippen LogP contribution in [0.25, 0.3) is 33.2 Å². The minimum absolute atomic E-state index is 0.0534. The van der Waals surface area contributed by atoms with Gasteiger partial charge in [0.2, 0.25) is 5.75 Å². The molecule has 0 saturated heterocycles. The Morgan fingerprint density at radius 3 is 2.03 bits per heavy atom. The molecule has 33 heavy (non-hydrogen) atoms. The first-order valence-corrected chi connectivity index (χ1v) is 9.94. The van der Waals surface area contributed by atoms with Crippen LogP contribution >= 0.6 is 11.6 Å². The molecule has 1 heterocycles. The van der Waals surface area contributed by atoms with E-state index in [1.807, 2.05) is 0 Å². The smallest absolute Gasteiger partial charge is 0.497 e. The van der Waals surface area contributed by atoms with E-state index in [-0.39, 0.29) is 5.56 Å². The number of halogens is 6. The van der Waals surface area contributed by atoms with E-state index in [1.165, 1.54) is 0 Å². The maximum absolute atomic E-state index is 14.1. The molecule has 1 aromatic heterocycles. The molecule has 0 N–H and O–H groups in total. The first kappa shape index (κ1) is 22.8. The maximum Gasteiger partial charge on any atom is 0.573 e. The summed E-state index contributed by atoms with van der Waals surface area (Å²) >= 11 is 6.66. The number of rotatable bonds is 4. The highest BCUT2D eigenvalue weighted by Crippen LogP contribution is 2.38. The minimum Gasteiger partial charge on any atom is -0.497 e. The molecule has 9 heteroatoms. The van der Waals surface area contributed by atoms with Gasteiger partial charge in [-0.1, -0.05) is 35.9 Å². The molecule has 0 unspecified atom stereocenters. The maximum atomic E-state index is 14.1. The van der Waals surface area contributed by atoms with Gasteiger partial charge in [0, 0.05) is 22.7 Å². The van der Waals surface area contributed by atoms with Crippen molar-refractivity contribution in [2.24, 2.45) is 0 Å². The number of pyridine rings is 1. The van der Waals surface area contributed by atoms with Crippen molar-refractivity contribution in [3.05, 3.63) is 76.9 Å². The molecule has 170 valence electrons. The summed E-state index contributed by atoms with van der Waals surface area (Å²) in [7, 11) is 1.56. The Morgan fingerprint density at radius 2 is 1.45 bits per heavy atom. The Labute approximate surface area is 190 Å². The summed E-state index contributed by atoms with van der Waals surface area (Å²) in [5.74, 6) is -3.77. The molecule has 0 aliphatic heterocycles. The lowest BCUT2D eigenvalue weighted by atomic mass is 9.98. The van der Waals surface area contributed by atoms with Crippen LogP contribution in [0.5, 0.6) is 11.5 Å². The summed E-state index contributed by atoms with van der Waals surface area (Å²) in [6, 6.07) is 13.5. The molecule has 0 fully saturated rings. The third-order valence-electron chi connectivity index (χ3n) is 5.03. The van der Waals surface area contributed by atoms with Gasteiger partial charge in [-0.25, -0.2) is 8.78 Å². The zero-order valence-electron chi connectivity index (χ0n) is 17.2. The molecular weight excluding hydrogens is 465 g/mol. The molecule has 0 aliphatic carbocycles. The lowest BCUT2D eigenvalue weighted by molar-refractivity contribution is -0.276. The van der Waals surface area contributed by atoms with Gasteiger partial charge >= 0.3 is 6.36 Å². The monoisotopic (exact) mass is 479 g/mol. The van der Waals surface area contributed by atoms with Gasteiger partial charge in [-0.3, -0.25) is 4.98 Å². The van der Waals surface area contributed by atoms with E-state index in [9.17, 15) is 22.0 Å². The Kier molecular flexibility index (Phi) is 5.88. The van der Waals surface area contributed by atoms with E-state index in [0.29, 0.717) is 38.7 Å². The molecule has 0 radical (unpaired) electrons. The Bertz CT molecular complexity index is 1330.